The molecule has 0 saturated carbocycles. The van der Waals surface area contributed by atoms with E-state index in [1.165, 1.54) is 0 Å². The molecule has 2 aromatic rings. The Morgan fingerprint density at radius 1 is 1.04 bits per heavy atom. The molecule has 3 rings (SSSR count). The minimum Gasteiger partial charge on any atom is -0.367 e. The highest BCUT2D eigenvalue weighted by atomic mass is 35.5. The maximum atomic E-state index is 13.3. The highest BCUT2D eigenvalue weighted by molar-refractivity contribution is 6.31. The molecular formula is C18H18ClF2N3O. The van der Waals surface area contributed by atoms with Crippen molar-refractivity contribution < 1.29 is 13.6 Å². The first-order valence-electron chi connectivity index (χ1n) is 7.93. The van der Waals surface area contributed by atoms with E-state index in [2.05, 4.69) is 22.2 Å². The fourth-order valence-electron chi connectivity index (χ4n) is 2.81. The molecule has 2 aromatic carbocycles. The summed E-state index contributed by atoms with van der Waals surface area (Å²) in [6.45, 7) is 3.45. The average Bonchev–Trinajstić information content (AvgIpc) is 2.55. The summed E-state index contributed by atoms with van der Waals surface area (Å²) in [4.78, 5) is 16.8. The molecule has 1 aliphatic rings. The van der Waals surface area contributed by atoms with E-state index in [9.17, 15) is 13.6 Å². The SMILES string of the molecule is CN1CCN(c2ccc(Cl)cc2NC(=O)c2cc(F)cc(F)c2)CC1. The van der Waals surface area contributed by atoms with Crippen LogP contribution >= 0.6 is 11.6 Å². The fourth-order valence-corrected chi connectivity index (χ4v) is 2.98. The van der Waals surface area contributed by atoms with E-state index in [0.717, 1.165) is 50.1 Å². The minimum absolute atomic E-state index is 0.0817. The van der Waals surface area contributed by atoms with Crippen molar-refractivity contribution in [2.24, 2.45) is 0 Å². The van der Waals surface area contributed by atoms with Crippen LogP contribution in [0.5, 0.6) is 0 Å². The number of halogens is 3. The van der Waals surface area contributed by atoms with Crippen molar-refractivity contribution >= 4 is 28.9 Å². The highest BCUT2D eigenvalue weighted by Gasteiger charge is 2.19. The summed E-state index contributed by atoms with van der Waals surface area (Å²) in [6.07, 6.45) is 0. The standard InChI is InChI=1S/C18H18ClF2N3O/c1-23-4-6-24(7-5-23)17-3-2-13(19)10-16(17)22-18(25)12-8-14(20)11-15(21)9-12/h2-3,8-11H,4-7H2,1H3,(H,22,25). The van der Waals surface area contributed by atoms with Gasteiger partial charge < -0.3 is 15.1 Å². The second kappa shape index (κ2) is 7.37. The summed E-state index contributed by atoms with van der Waals surface area (Å²) in [6, 6.07) is 7.97. The molecule has 1 N–H and O–H groups in total. The van der Waals surface area contributed by atoms with Gasteiger partial charge >= 0.3 is 0 Å². The molecule has 132 valence electrons. The predicted molar refractivity (Wildman–Crippen MR) is 95.5 cm³/mol. The first-order chi connectivity index (χ1) is 11.9. The lowest BCUT2D eigenvalue weighted by molar-refractivity contribution is 0.102. The number of hydrogen-bond donors (Lipinski definition) is 1. The molecule has 1 amide bonds. The van der Waals surface area contributed by atoms with Crippen LogP contribution in [0.25, 0.3) is 0 Å². The number of rotatable bonds is 3. The third kappa shape index (κ3) is 4.27. The largest absolute Gasteiger partial charge is 0.367 e. The van der Waals surface area contributed by atoms with Gasteiger partial charge in [-0.1, -0.05) is 11.6 Å². The van der Waals surface area contributed by atoms with Crippen LogP contribution in [-0.2, 0) is 0 Å². The first kappa shape index (κ1) is 17.6. The van der Waals surface area contributed by atoms with E-state index in [-0.39, 0.29) is 5.56 Å². The first-order valence-corrected chi connectivity index (χ1v) is 8.30. The van der Waals surface area contributed by atoms with Gasteiger partial charge in [0, 0.05) is 42.8 Å². The number of carbonyl (C=O) groups is 1. The number of piperazine rings is 1. The molecule has 0 bridgehead atoms. The molecule has 1 aliphatic heterocycles. The Bertz CT molecular complexity index is 772. The Labute approximate surface area is 150 Å². The number of anilines is 2. The van der Waals surface area contributed by atoms with E-state index in [0.29, 0.717) is 10.7 Å². The summed E-state index contributed by atoms with van der Waals surface area (Å²) < 4.78 is 26.7. The van der Waals surface area contributed by atoms with Gasteiger partial charge in [0.1, 0.15) is 11.6 Å². The number of nitrogens with one attached hydrogen (secondary N) is 1. The lowest BCUT2D eigenvalue weighted by atomic mass is 10.1. The Morgan fingerprint density at radius 3 is 2.32 bits per heavy atom. The van der Waals surface area contributed by atoms with Crippen molar-refractivity contribution in [1.29, 1.82) is 0 Å². The van der Waals surface area contributed by atoms with Crippen LogP contribution in [0.3, 0.4) is 0 Å². The number of carbonyl (C=O) groups excluding carboxylic acids is 1. The topological polar surface area (TPSA) is 35.6 Å². The third-order valence-corrected chi connectivity index (χ3v) is 4.41. The van der Waals surface area contributed by atoms with Crippen molar-refractivity contribution in [1.82, 2.24) is 4.90 Å². The molecule has 0 radical (unpaired) electrons. The van der Waals surface area contributed by atoms with Crippen LogP contribution in [0.4, 0.5) is 20.2 Å². The smallest absolute Gasteiger partial charge is 0.255 e. The molecule has 0 atom stereocenters. The van der Waals surface area contributed by atoms with Crippen molar-refractivity contribution in [3.8, 4) is 0 Å². The Balaban J connectivity index is 1.86. The monoisotopic (exact) mass is 365 g/mol. The van der Waals surface area contributed by atoms with E-state index in [4.69, 9.17) is 11.6 Å². The number of amides is 1. The lowest BCUT2D eigenvalue weighted by Crippen LogP contribution is -2.44. The minimum atomic E-state index is -0.796. The summed E-state index contributed by atoms with van der Waals surface area (Å²) in [5.41, 5.74) is 1.27. The quantitative estimate of drug-likeness (QED) is 0.902. The van der Waals surface area contributed by atoms with Gasteiger partial charge in [-0.15, -0.1) is 0 Å². The van der Waals surface area contributed by atoms with Gasteiger partial charge in [-0.3, -0.25) is 4.79 Å². The van der Waals surface area contributed by atoms with E-state index in [1.54, 1.807) is 12.1 Å². The molecule has 0 unspecified atom stereocenters. The van der Waals surface area contributed by atoms with E-state index >= 15 is 0 Å². The maximum Gasteiger partial charge on any atom is 0.255 e. The van der Waals surface area contributed by atoms with Crippen molar-refractivity contribution in [2.75, 3.05) is 43.4 Å². The molecule has 7 heteroatoms. The van der Waals surface area contributed by atoms with Crippen LogP contribution in [0.2, 0.25) is 5.02 Å². The predicted octanol–water partition coefficient (Wildman–Crippen LogP) is 3.62. The molecule has 4 nitrogen and oxygen atoms in total. The van der Waals surface area contributed by atoms with Crippen molar-refractivity contribution in [3.63, 3.8) is 0 Å². The summed E-state index contributed by atoms with van der Waals surface area (Å²) >= 11 is 6.06. The zero-order valence-corrected chi connectivity index (χ0v) is 14.5. The molecular weight excluding hydrogens is 348 g/mol. The summed E-state index contributed by atoms with van der Waals surface area (Å²) in [7, 11) is 2.06. The van der Waals surface area contributed by atoms with Gasteiger partial charge in [-0.05, 0) is 37.4 Å². The van der Waals surface area contributed by atoms with Crippen LogP contribution in [0.15, 0.2) is 36.4 Å². The average molecular weight is 366 g/mol. The van der Waals surface area contributed by atoms with Crippen LogP contribution in [-0.4, -0.2) is 44.0 Å². The zero-order chi connectivity index (χ0) is 18.0. The van der Waals surface area contributed by atoms with E-state index < -0.39 is 17.5 Å². The van der Waals surface area contributed by atoms with Crippen LogP contribution < -0.4 is 10.2 Å². The fraction of sp³-hybridized carbons (Fsp3) is 0.278. The third-order valence-electron chi connectivity index (χ3n) is 4.18. The van der Waals surface area contributed by atoms with Gasteiger partial charge in [0.15, 0.2) is 0 Å². The van der Waals surface area contributed by atoms with Crippen LogP contribution in [0, 0.1) is 11.6 Å². The molecule has 1 heterocycles. The second-order valence-corrected chi connectivity index (χ2v) is 6.50. The number of likely N-dealkylation sites (N-methyl/N-ethyl adjacent to an activating group) is 1. The normalized spacial score (nSPS) is 15.3. The van der Waals surface area contributed by atoms with Gasteiger partial charge in [0.2, 0.25) is 0 Å². The zero-order valence-electron chi connectivity index (χ0n) is 13.7. The molecule has 0 aliphatic carbocycles. The molecule has 1 fully saturated rings. The number of nitrogens with zero attached hydrogens (tertiary/aromatic N) is 2. The van der Waals surface area contributed by atoms with Gasteiger partial charge in [0.05, 0.1) is 11.4 Å². The van der Waals surface area contributed by atoms with Crippen molar-refractivity contribution in [2.45, 2.75) is 0 Å². The maximum absolute atomic E-state index is 13.3. The van der Waals surface area contributed by atoms with Gasteiger partial charge in [0.25, 0.3) is 5.91 Å². The van der Waals surface area contributed by atoms with E-state index in [1.807, 2.05) is 6.07 Å². The molecule has 0 aromatic heterocycles. The van der Waals surface area contributed by atoms with Gasteiger partial charge in [-0.25, -0.2) is 8.78 Å². The molecule has 25 heavy (non-hydrogen) atoms. The van der Waals surface area contributed by atoms with Crippen LogP contribution in [0.1, 0.15) is 10.4 Å². The summed E-state index contributed by atoms with van der Waals surface area (Å²) in [5, 5.41) is 3.19. The second-order valence-electron chi connectivity index (χ2n) is 6.06. The van der Waals surface area contributed by atoms with Crippen molar-refractivity contribution in [3.05, 3.63) is 58.6 Å². The summed E-state index contributed by atoms with van der Waals surface area (Å²) in [5.74, 6) is -2.18. The Kier molecular flexibility index (Phi) is 5.20. The lowest BCUT2D eigenvalue weighted by Gasteiger charge is -2.35. The molecule has 1 saturated heterocycles. The van der Waals surface area contributed by atoms with Gasteiger partial charge in [-0.2, -0.15) is 0 Å². The highest BCUT2D eigenvalue weighted by Crippen LogP contribution is 2.30. The Morgan fingerprint density at radius 2 is 1.68 bits per heavy atom. The molecule has 0 spiro atoms. The Hall–Kier alpha value is -2.18. The number of benzene rings is 2. The number of hydrogen-bond acceptors (Lipinski definition) is 3.